The summed E-state index contributed by atoms with van der Waals surface area (Å²) in [7, 11) is 0. The standard InChI is InChI=1S/C14H24O/c1-4-6-7-8-10-14-13(9-5-2)12(3)11-15-14/h5,14H,2,4,6-11H2,1,3H3. The van der Waals surface area contributed by atoms with E-state index >= 15 is 0 Å². The zero-order valence-corrected chi connectivity index (χ0v) is 10.2. The van der Waals surface area contributed by atoms with Crippen LogP contribution in [0.2, 0.25) is 0 Å². The second kappa shape index (κ2) is 6.84. The number of unbranched alkanes of at least 4 members (excludes halogenated alkanes) is 3. The molecule has 1 heteroatoms. The van der Waals surface area contributed by atoms with Gasteiger partial charge in [-0.15, -0.1) is 6.58 Å². The van der Waals surface area contributed by atoms with Gasteiger partial charge in [0, 0.05) is 0 Å². The number of ether oxygens (including phenoxy) is 1. The molecule has 0 aliphatic carbocycles. The average Bonchev–Trinajstić information content (AvgIpc) is 2.57. The normalized spacial score (nSPS) is 21.1. The lowest BCUT2D eigenvalue weighted by Gasteiger charge is -2.13. The first kappa shape index (κ1) is 12.5. The van der Waals surface area contributed by atoms with Crippen molar-refractivity contribution in [1.29, 1.82) is 0 Å². The fourth-order valence-electron chi connectivity index (χ4n) is 2.17. The van der Waals surface area contributed by atoms with Crippen molar-refractivity contribution in [3.8, 4) is 0 Å². The molecule has 0 radical (unpaired) electrons. The third kappa shape index (κ3) is 3.83. The first-order valence-electron chi connectivity index (χ1n) is 6.20. The molecular formula is C14H24O. The molecule has 15 heavy (non-hydrogen) atoms. The van der Waals surface area contributed by atoms with Crippen molar-refractivity contribution in [1.82, 2.24) is 0 Å². The highest BCUT2D eigenvalue weighted by atomic mass is 16.5. The van der Waals surface area contributed by atoms with Crippen LogP contribution in [0.1, 0.15) is 52.4 Å². The number of hydrogen-bond donors (Lipinski definition) is 0. The SMILES string of the molecule is C=CCC1=C(C)COC1CCCCCC. The highest BCUT2D eigenvalue weighted by Gasteiger charge is 2.22. The van der Waals surface area contributed by atoms with Crippen LogP contribution in [0.5, 0.6) is 0 Å². The van der Waals surface area contributed by atoms with Crippen molar-refractivity contribution in [2.75, 3.05) is 6.61 Å². The van der Waals surface area contributed by atoms with Gasteiger partial charge in [-0.05, 0) is 30.9 Å². The maximum atomic E-state index is 5.79. The van der Waals surface area contributed by atoms with Crippen LogP contribution >= 0.6 is 0 Å². The van der Waals surface area contributed by atoms with Gasteiger partial charge in [-0.25, -0.2) is 0 Å². The van der Waals surface area contributed by atoms with E-state index in [4.69, 9.17) is 4.74 Å². The van der Waals surface area contributed by atoms with E-state index < -0.39 is 0 Å². The fourth-order valence-corrected chi connectivity index (χ4v) is 2.17. The monoisotopic (exact) mass is 208 g/mol. The molecule has 1 nitrogen and oxygen atoms in total. The van der Waals surface area contributed by atoms with Crippen molar-refractivity contribution in [3.63, 3.8) is 0 Å². The summed E-state index contributed by atoms with van der Waals surface area (Å²) in [5.74, 6) is 0. The molecule has 0 saturated heterocycles. The van der Waals surface area contributed by atoms with E-state index in [0.717, 1.165) is 13.0 Å². The fraction of sp³-hybridized carbons (Fsp3) is 0.714. The Balaban J connectivity index is 2.32. The van der Waals surface area contributed by atoms with E-state index in [1.165, 1.54) is 43.3 Å². The van der Waals surface area contributed by atoms with E-state index in [2.05, 4.69) is 20.4 Å². The summed E-state index contributed by atoms with van der Waals surface area (Å²) in [5, 5.41) is 0. The van der Waals surface area contributed by atoms with Gasteiger partial charge < -0.3 is 4.74 Å². The van der Waals surface area contributed by atoms with Crippen LogP contribution in [0, 0.1) is 0 Å². The van der Waals surface area contributed by atoms with E-state index in [-0.39, 0.29) is 0 Å². The Labute approximate surface area is 94.2 Å². The lowest BCUT2D eigenvalue weighted by molar-refractivity contribution is 0.109. The molecule has 0 aromatic heterocycles. The van der Waals surface area contributed by atoms with Gasteiger partial charge in [0.05, 0.1) is 12.7 Å². The van der Waals surface area contributed by atoms with Crippen LogP contribution in [-0.2, 0) is 4.74 Å². The summed E-state index contributed by atoms with van der Waals surface area (Å²) in [5.41, 5.74) is 2.91. The summed E-state index contributed by atoms with van der Waals surface area (Å²) in [6.07, 6.45) is 9.88. The molecule has 0 aromatic rings. The van der Waals surface area contributed by atoms with Crippen molar-refractivity contribution >= 4 is 0 Å². The molecule has 1 aliphatic heterocycles. The topological polar surface area (TPSA) is 9.23 Å². The summed E-state index contributed by atoms with van der Waals surface area (Å²) in [6.45, 7) is 9.08. The third-order valence-electron chi connectivity index (χ3n) is 3.12. The number of rotatable bonds is 7. The molecule has 0 fully saturated rings. The highest BCUT2D eigenvalue weighted by molar-refractivity contribution is 5.23. The lowest BCUT2D eigenvalue weighted by Crippen LogP contribution is -2.09. The highest BCUT2D eigenvalue weighted by Crippen LogP contribution is 2.27. The predicted molar refractivity (Wildman–Crippen MR) is 66.0 cm³/mol. The van der Waals surface area contributed by atoms with Crippen molar-refractivity contribution < 1.29 is 4.74 Å². The molecule has 0 N–H and O–H groups in total. The molecular weight excluding hydrogens is 184 g/mol. The van der Waals surface area contributed by atoms with Crippen LogP contribution in [0.15, 0.2) is 23.8 Å². The Morgan fingerprint density at radius 3 is 2.87 bits per heavy atom. The summed E-state index contributed by atoms with van der Waals surface area (Å²) >= 11 is 0. The van der Waals surface area contributed by atoms with Crippen molar-refractivity contribution in [3.05, 3.63) is 23.8 Å². The summed E-state index contributed by atoms with van der Waals surface area (Å²) in [6, 6.07) is 0. The quantitative estimate of drug-likeness (QED) is 0.449. The zero-order valence-electron chi connectivity index (χ0n) is 10.2. The smallest absolute Gasteiger partial charge is 0.0795 e. The second-order valence-corrected chi connectivity index (χ2v) is 4.45. The predicted octanol–water partition coefficient (Wildman–Crippen LogP) is 4.25. The Bertz CT molecular complexity index is 227. The molecule has 0 saturated carbocycles. The van der Waals surface area contributed by atoms with E-state index in [9.17, 15) is 0 Å². The Hall–Kier alpha value is -0.560. The zero-order chi connectivity index (χ0) is 11.1. The van der Waals surface area contributed by atoms with Crippen LogP contribution in [-0.4, -0.2) is 12.7 Å². The number of allylic oxidation sites excluding steroid dienone is 1. The van der Waals surface area contributed by atoms with Crippen LogP contribution in [0.4, 0.5) is 0 Å². The van der Waals surface area contributed by atoms with Crippen molar-refractivity contribution in [2.24, 2.45) is 0 Å². The molecule has 0 bridgehead atoms. The van der Waals surface area contributed by atoms with Gasteiger partial charge in [-0.2, -0.15) is 0 Å². The molecule has 0 amide bonds. The van der Waals surface area contributed by atoms with Gasteiger partial charge in [-0.3, -0.25) is 0 Å². The minimum absolute atomic E-state index is 0.389. The summed E-state index contributed by atoms with van der Waals surface area (Å²) < 4.78 is 5.79. The molecule has 0 spiro atoms. The molecule has 1 aliphatic rings. The van der Waals surface area contributed by atoms with E-state index in [0.29, 0.717) is 6.10 Å². The number of hydrogen-bond acceptors (Lipinski definition) is 1. The summed E-state index contributed by atoms with van der Waals surface area (Å²) in [4.78, 5) is 0. The van der Waals surface area contributed by atoms with Gasteiger partial charge in [-0.1, -0.05) is 38.7 Å². The van der Waals surface area contributed by atoms with E-state index in [1.807, 2.05) is 6.08 Å². The van der Waals surface area contributed by atoms with Crippen LogP contribution in [0.3, 0.4) is 0 Å². The van der Waals surface area contributed by atoms with Gasteiger partial charge in [0.2, 0.25) is 0 Å². The van der Waals surface area contributed by atoms with Gasteiger partial charge in [0.15, 0.2) is 0 Å². The second-order valence-electron chi connectivity index (χ2n) is 4.45. The maximum absolute atomic E-state index is 5.79. The minimum atomic E-state index is 0.389. The van der Waals surface area contributed by atoms with Crippen LogP contribution < -0.4 is 0 Å². The van der Waals surface area contributed by atoms with Gasteiger partial charge in [0.25, 0.3) is 0 Å². The average molecular weight is 208 g/mol. The van der Waals surface area contributed by atoms with Gasteiger partial charge >= 0.3 is 0 Å². The van der Waals surface area contributed by atoms with Crippen LogP contribution in [0.25, 0.3) is 0 Å². The molecule has 1 rings (SSSR count). The lowest BCUT2D eigenvalue weighted by atomic mass is 9.98. The Morgan fingerprint density at radius 1 is 1.40 bits per heavy atom. The molecule has 1 heterocycles. The van der Waals surface area contributed by atoms with Gasteiger partial charge in [0.1, 0.15) is 0 Å². The first-order chi connectivity index (χ1) is 7.29. The molecule has 86 valence electrons. The Morgan fingerprint density at radius 2 is 2.20 bits per heavy atom. The molecule has 1 unspecified atom stereocenters. The third-order valence-corrected chi connectivity index (χ3v) is 3.12. The maximum Gasteiger partial charge on any atom is 0.0795 e. The molecule has 0 aromatic carbocycles. The largest absolute Gasteiger partial charge is 0.370 e. The first-order valence-corrected chi connectivity index (χ1v) is 6.20. The van der Waals surface area contributed by atoms with E-state index in [1.54, 1.807) is 0 Å². The molecule has 1 atom stereocenters. The minimum Gasteiger partial charge on any atom is -0.370 e. The Kier molecular flexibility index (Phi) is 5.70. The van der Waals surface area contributed by atoms with Crippen molar-refractivity contribution in [2.45, 2.75) is 58.5 Å².